The lowest BCUT2D eigenvalue weighted by molar-refractivity contribution is 0.497. The molecule has 0 saturated carbocycles. The Kier molecular flexibility index (Phi) is 3.68. The smallest absolute Gasteiger partial charge is 0.211 e. The zero-order valence-electron chi connectivity index (χ0n) is 6.85. The standard InChI is InChI=1S/C6H9N3O2S/c1-6(5-8)12(10,11)9(2)4-3-7/h6H,4H2,1-2H3. The summed E-state index contributed by atoms with van der Waals surface area (Å²) >= 11 is 0. The van der Waals surface area contributed by atoms with Crippen molar-refractivity contribution in [2.75, 3.05) is 13.6 Å². The van der Waals surface area contributed by atoms with E-state index in [0.717, 1.165) is 4.31 Å². The molecule has 0 aromatic rings. The van der Waals surface area contributed by atoms with Crippen LogP contribution in [0.1, 0.15) is 6.92 Å². The van der Waals surface area contributed by atoms with E-state index >= 15 is 0 Å². The Balaban J connectivity index is 4.68. The first-order valence-corrected chi connectivity index (χ1v) is 4.69. The van der Waals surface area contributed by atoms with Crippen LogP contribution in [0.2, 0.25) is 0 Å². The van der Waals surface area contributed by atoms with Crippen molar-refractivity contribution < 1.29 is 8.42 Å². The van der Waals surface area contributed by atoms with Gasteiger partial charge in [-0.1, -0.05) is 0 Å². The van der Waals surface area contributed by atoms with Gasteiger partial charge in [0, 0.05) is 7.05 Å². The zero-order chi connectivity index (χ0) is 9.78. The van der Waals surface area contributed by atoms with Crippen molar-refractivity contribution in [1.82, 2.24) is 4.31 Å². The molecule has 0 N–H and O–H groups in total. The van der Waals surface area contributed by atoms with E-state index in [-0.39, 0.29) is 6.54 Å². The van der Waals surface area contributed by atoms with Gasteiger partial charge >= 0.3 is 0 Å². The molecule has 0 saturated heterocycles. The highest BCUT2D eigenvalue weighted by Crippen LogP contribution is 2.04. The minimum absolute atomic E-state index is 0.228. The van der Waals surface area contributed by atoms with E-state index in [9.17, 15) is 8.42 Å². The maximum Gasteiger partial charge on any atom is 0.230 e. The van der Waals surface area contributed by atoms with Gasteiger partial charge in [-0.3, -0.25) is 0 Å². The van der Waals surface area contributed by atoms with Crippen LogP contribution in [0.25, 0.3) is 0 Å². The minimum Gasteiger partial charge on any atom is -0.211 e. The van der Waals surface area contributed by atoms with E-state index in [1.54, 1.807) is 12.1 Å². The van der Waals surface area contributed by atoms with Crippen molar-refractivity contribution in [3.63, 3.8) is 0 Å². The molecule has 5 nitrogen and oxygen atoms in total. The fraction of sp³-hybridized carbons (Fsp3) is 0.667. The highest BCUT2D eigenvalue weighted by Gasteiger charge is 2.24. The SMILES string of the molecule is CC(C#N)S(=O)(=O)N(C)CC#N. The Morgan fingerprint density at radius 3 is 2.33 bits per heavy atom. The summed E-state index contributed by atoms with van der Waals surface area (Å²) in [5.74, 6) is 0. The molecule has 0 spiro atoms. The summed E-state index contributed by atoms with van der Waals surface area (Å²) in [5, 5.41) is 15.5. The summed E-state index contributed by atoms with van der Waals surface area (Å²) < 4.78 is 23.3. The number of rotatable bonds is 3. The topological polar surface area (TPSA) is 85.0 Å². The van der Waals surface area contributed by atoms with E-state index in [0.29, 0.717) is 0 Å². The molecule has 0 aliphatic heterocycles. The number of nitriles is 2. The van der Waals surface area contributed by atoms with Crippen molar-refractivity contribution in [3.05, 3.63) is 0 Å². The van der Waals surface area contributed by atoms with E-state index in [4.69, 9.17) is 10.5 Å². The van der Waals surface area contributed by atoms with Gasteiger partial charge in [0.2, 0.25) is 10.0 Å². The van der Waals surface area contributed by atoms with Crippen molar-refractivity contribution in [3.8, 4) is 12.1 Å². The van der Waals surface area contributed by atoms with Gasteiger partial charge in [-0.15, -0.1) is 0 Å². The van der Waals surface area contributed by atoms with Gasteiger partial charge in [-0.05, 0) is 6.92 Å². The Morgan fingerprint density at radius 1 is 1.50 bits per heavy atom. The molecule has 0 rings (SSSR count). The molecule has 6 heteroatoms. The van der Waals surface area contributed by atoms with E-state index in [2.05, 4.69) is 0 Å². The van der Waals surface area contributed by atoms with Crippen LogP contribution >= 0.6 is 0 Å². The first kappa shape index (κ1) is 10.9. The minimum atomic E-state index is -3.60. The van der Waals surface area contributed by atoms with Crippen LogP contribution in [0.5, 0.6) is 0 Å². The van der Waals surface area contributed by atoms with Crippen molar-refractivity contribution >= 4 is 10.0 Å². The van der Waals surface area contributed by atoms with Crippen LogP contribution in [0.3, 0.4) is 0 Å². The molecule has 0 aromatic heterocycles. The first-order valence-electron chi connectivity index (χ1n) is 3.18. The lowest BCUT2D eigenvalue weighted by Crippen LogP contribution is -2.34. The van der Waals surface area contributed by atoms with E-state index in [1.807, 2.05) is 0 Å². The molecule has 0 aliphatic rings. The third-order valence-corrected chi connectivity index (χ3v) is 3.35. The molecular formula is C6H9N3O2S. The third-order valence-electron chi connectivity index (χ3n) is 1.36. The van der Waals surface area contributed by atoms with E-state index in [1.165, 1.54) is 14.0 Å². The van der Waals surface area contributed by atoms with Gasteiger partial charge in [0.1, 0.15) is 6.54 Å². The Hall–Kier alpha value is -1.11. The Labute approximate surface area is 71.9 Å². The summed E-state index contributed by atoms with van der Waals surface area (Å²) in [5.41, 5.74) is 0. The normalized spacial score (nSPS) is 13.4. The fourth-order valence-electron chi connectivity index (χ4n) is 0.526. The van der Waals surface area contributed by atoms with Crippen LogP contribution in [-0.2, 0) is 10.0 Å². The molecular weight excluding hydrogens is 178 g/mol. The summed E-state index contributed by atoms with van der Waals surface area (Å²) in [6.45, 7) is 1.05. The zero-order valence-corrected chi connectivity index (χ0v) is 7.67. The van der Waals surface area contributed by atoms with Crippen LogP contribution < -0.4 is 0 Å². The number of nitrogens with zero attached hydrogens (tertiary/aromatic N) is 3. The third kappa shape index (κ3) is 2.19. The maximum atomic E-state index is 11.2. The molecule has 1 unspecified atom stereocenters. The summed E-state index contributed by atoms with van der Waals surface area (Å²) in [6, 6.07) is 3.30. The lowest BCUT2D eigenvalue weighted by atomic mass is 10.5. The highest BCUT2D eigenvalue weighted by atomic mass is 32.2. The van der Waals surface area contributed by atoms with Crippen molar-refractivity contribution in [1.29, 1.82) is 10.5 Å². The van der Waals surface area contributed by atoms with Crippen LogP contribution in [0.15, 0.2) is 0 Å². The van der Waals surface area contributed by atoms with Crippen molar-refractivity contribution in [2.45, 2.75) is 12.2 Å². The van der Waals surface area contributed by atoms with E-state index < -0.39 is 15.3 Å². The second-order valence-electron chi connectivity index (χ2n) is 2.23. The summed E-state index contributed by atoms with van der Waals surface area (Å²) in [4.78, 5) is 0. The quantitative estimate of drug-likeness (QED) is 0.567. The molecule has 66 valence electrons. The highest BCUT2D eigenvalue weighted by molar-refractivity contribution is 7.89. The molecule has 1 atom stereocenters. The molecule has 0 amide bonds. The molecule has 0 aliphatic carbocycles. The average molecular weight is 187 g/mol. The molecule has 0 aromatic carbocycles. The largest absolute Gasteiger partial charge is 0.230 e. The van der Waals surface area contributed by atoms with Crippen LogP contribution in [0.4, 0.5) is 0 Å². The number of hydrogen-bond donors (Lipinski definition) is 0. The molecule has 12 heavy (non-hydrogen) atoms. The fourth-order valence-corrected chi connectivity index (χ4v) is 1.44. The second-order valence-corrected chi connectivity index (χ2v) is 4.59. The van der Waals surface area contributed by atoms with Crippen molar-refractivity contribution in [2.24, 2.45) is 0 Å². The van der Waals surface area contributed by atoms with Gasteiger partial charge in [0.05, 0.1) is 12.1 Å². The lowest BCUT2D eigenvalue weighted by Gasteiger charge is -2.14. The van der Waals surface area contributed by atoms with Crippen LogP contribution in [0, 0.1) is 22.7 Å². The molecule has 0 heterocycles. The van der Waals surface area contributed by atoms with Crippen LogP contribution in [-0.4, -0.2) is 31.6 Å². The number of hydrogen-bond acceptors (Lipinski definition) is 4. The molecule has 0 radical (unpaired) electrons. The van der Waals surface area contributed by atoms with Gasteiger partial charge in [0.25, 0.3) is 0 Å². The molecule has 0 bridgehead atoms. The summed E-state index contributed by atoms with van der Waals surface area (Å²) in [6.07, 6.45) is 0. The number of sulfonamides is 1. The monoisotopic (exact) mass is 187 g/mol. The second kappa shape index (κ2) is 4.05. The van der Waals surface area contributed by atoms with Gasteiger partial charge in [-0.2, -0.15) is 14.8 Å². The maximum absolute atomic E-state index is 11.2. The predicted octanol–water partition coefficient (Wildman–Crippen LogP) is -0.316. The van der Waals surface area contributed by atoms with Gasteiger partial charge in [0.15, 0.2) is 5.25 Å². The predicted molar refractivity (Wildman–Crippen MR) is 42.2 cm³/mol. The Morgan fingerprint density at radius 2 is 2.00 bits per heavy atom. The Bertz CT molecular complexity index is 322. The van der Waals surface area contributed by atoms with Gasteiger partial charge < -0.3 is 0 Å². The summed E-state index contributed by atoms with van der Waals surface area (Å²) in [7, 11) is -2.33. The molecule has 0 fully saturated rings. The average Bonchev–Trinajstić information content (AvgIpc) is 2.03. The van der Waals surface area contributed by atoms with Gasteiger partial charge in [-0.25, -0.2) is 8.42 Å². The first-order chi connectivity index (χ1) is 5.46.